The predicted octanol–water partition coefficient (Wildman–Crippen LogP) is 2.90. The van der Waals surface area contributed by atoms with Crippen molar-refractivity contribution in [2.45, 2.75) is 33.3 Å². The lowest BCUT2D eigenvalue weighted by Gasteiger charge is -2.17. The van der Waals surface area contributed by atoms with E-state index in [1.54, 1.807) is 19.2 Å². The van der Waals surface area contributed by atoms with Gasteiger partial charge in [-0.2, -0.15) is 5.26 Å². The van der Waals surface area contributed by atoms with Crippen LogP contribution in [0.2, 0.25) is 0 Å². The number of methoxy groups -OCH3 is 1. The van der Waals surface area contributed by atoms with E-state index in [9.17, 15) is 5.11 Å². The van der Waals surface area contributed by atoms with E-state index in [0.717, 1.165) is 12.8 Å². The Labute approximate surface area is 114 Å². The Balaban J connectivity index is 2.60. The van der Waals surface area contributed by atoms with Gasteiger partial charge in [0, 0.05) is 5.56 Å². The van der Waals surface area contributed by atoms with Crippen molar-refractivity contribution in [2.75, 3.05) is 13.7 Å². The molecule has 4 heteroatoms. The summed E-state index contributed by atoms with van der Waals surface area (Å²) in [5.41, 5.74) is 0.378. The molecule has 104 valence electrons. The van der Waals surface area contributed by atoms with E-state index in [1.807, 2.05) is 19.9 Å². The van der Waals surface area contributed by atoms with E-state index >= 15 is 0 Å². The molecular weight excluding hydrogens is 242 g/mol. The molecule has 0 aliphatic rings. The van der Waals surface area contributed by atoms with Crippen LogP contribution in [0.4, 0.5) is 0 Å². The molecule has 0 saturated carbocycles. The molecule has 1 aromatic carbocycles. The lowest BCUT2D eigenvalue weighted by molar-refractivity contribution is 0.245. The number of nitrogens with zero attached hydrogens (tertiary/aromatic N) is 1. The zero-order valence-electron chi connectivity index (χ0n) is 11.8. The fraction of sp³-hybridized carbons (Fsp3) is 0.533. The second-order valence-corrected chi connectivity index (χ2v) is 5.05. The Hall–Kier alpha value is -1.73. The fourth-order valence-electron chi connectivity index (χ4n) is 1.75. The van der Waals surface area contributed by atoms with Gasteiger partial charge in [-0.3, -0.25) is 0 Å². The van der Waals surface area contributed by atoms with Gasteiger partial charge in [0.15, 0.2) is 11.5 Å². The van der Waals surface area contributed by atoms with Crippen LogP contribution in [0, 0.1) is 16.7 Å². The number of nitriles is 1. The van der Waals surface area contributed by atoms with Gasteiger partial charge in [-0.1, -0.05) is 12.1 Å². The number of aliphatic hydroxyl groups excluding tert-OH is 1. The highest BCUT2D eigenvalue weighted by Crippen LogP contribution is 2.31. The first-order chi connectivity index (χ1) is 9.04. The van der Waals surface area contributed by atoms with Crippen LogP contribution in [0.15, 0.2) is 18.2 Å². The summed E-state index contributed by atoms with van der Waals surface area (Å²) in [7, 11) is 1.57. The van der Waals surface area contributed by atoms with Gasteiger partial charge in [-0.05, 0) is 32.8 Å². The minimum Gasteiger partial charge on any atom is -0.493 e. The van der Waals surface area contributed by atoms with Gasteiger partial charge >= 0.3 is 0 Å². The van der Waals surface area contributed by atoms with Gasteiger partial charge in [0.1, 0.15) is 0 Å². The zero-order valence-corrected chi connectivity index (χ0v) is 11.8. The zero-order chi connectivity index (χ0) is 14.3. The lowest BCUT2D eigenvalue weighted by Crippen LogP contribution is -2.10. The van der Waals surface area contributed by atoms with Crippen LogP contribution < -0.4 is 9.47 Å². The number of benzene rings is 1. The molecule has 0 radical (unpaired) electrons. The van der Waals surface area contributed by atoms with Crippen LogP contribution in [0.1, 0.15) is 32.3 Å². The molecule has 0 aromatic heterocycles. The normalized spacial score (nSPS) is 10.9. The third-order valence-corrected chi connectivity index (χ3v) is 2.95. The molecule has 0 spiro atoms. The maximum atomic E-state index is 9.28. The molecule has 0 fully saturated rings. The lowest BCUT2D eigenvalue weighted by atomic mass is 9.90. The first-order valence-electron chi connectivity index (χ1n) is 6.35. The van der Waals surface area contributed by atoms with Gasteiger partial charge in [-0.25, -0.2) is 0 Å². The molecule has 4 nitrogen and oxygen atoms in total. The Morgan fingerprint density at radius 2 is 2.11 bits per heavy atom. The second kappa shape index (κ2) is 7.01. The summed E-state index contributed by atoms with van der Waals surface area (Å²) < 4.78 is 10.9. The minimum absolute atomic E-state index is 0.0871. The van der Waals surface area contributed by atoms with E-state index in [4.69, 9.17) is 14.7 Å². The highest BCUT2D eigenvalue weighted by atomic mass is 16.5. The number of aliphatic hydroxyl groups is 1. The van der Waals surface area contributed by atoms with Crippen molar-refractivity contribution in [3.8, 4) is 17.6 Å². The molecule has 0 unspecified atom stereocenters. The van der Waals surface area contributed by atoms with Gasteiger partial charge in [-0.15, -0.1) is 0 Å². The van der Waals surface area contributed by atoms with Gasteiger partial charge < -0.3 is 14.6 Å². The first kappa shape index (κ1) is 15.3. The molecule has 0 aliphatic heterocycles. The monoisotopic (exact) mass is 263 g/mol. The van der Waals surface area contributed by atoms with Crippen molar-refractivity contribution in [1.82, 2.24) is 0 Å². The summed E-state index contributed by atoms with van der Waals surface area (Å²) in [5.74, 6) is 1.20. The highest BCUT2D eigenvalue weighted by molar-refractivity contribution is 5.46. The van der Waals surface area contributed by atoms with Crippen molar-refractivity contribution >= 4 is 0 Å². The maximum Gasteiger partial charge on any atom is 0.166 e. The second-order valence-electron chi connectivity index (χ2n) is 5.05. The number of para-hydroxylation sites is 1. The molecule has 0 amide bonds. The first-order valence-corrected chi connectivity index (χ1v) is 6.35. The van der Waals surface area contributed by atoms with E-state index < -0.39 is 0 Å². The predicted molar refractivity (Wildman–Crippen MR) is 73.0 cm³/mol. The largest absolute Gasteiger partial charge is 0.493 e. The average Bonchev–Trinajstić information content (AvgIpc) is 2.43. The highest BCUT2D eigenvalue weighted by Gasteiger charge is 2.16. The standard InChI is InChI=1S/C15H21NO3/c1-15(2,11-16)8-5-9-19-14-12(10-17)6-4-7-13(14)18-3/h4,6-7,17H,5,8-10H2,1-3H3. The third-order valence-electron chi connectivity index (χ3n) is 2.95. The van der Waals surface area contributed by atoms with Crippen LogP contribution in [0.3, 0.4) is 0 Å². The third kappa shape index (κ3) is 4.46. The minimum atomic E-state index is -0.329. The average molecular weight is 263 g/mol. The number of ether oxygens (including phenoxy) is 2. The molecule has 1 aromatic rings. The molecule has 0 atom stereocenters. The number of hydrogen-bond donors (Lipinski definition) is 1. The van der Waals surface area contributed by atoms with Crippen LogP contribution >= 0.6 is 0 Å². The summed E-state index contributed by atoms with van der Waals surface area (Å²) in [4.78, 5) is 0. The van der Waals surface area contributed by atoms with E-state index in [2.05, 4.69) is 6.07 Å². The molecule has 19 heavy (non-hydrogen) atoms. The van der Waals surface area contributed by atoms with Crippen molar-refractivity contribution in [1.29, 1.82) is 5.26 Å². The summed E-state index contributed by atoms with van der Waals surface area (Å²) in [6, 6.07) is 7.68. The van der Waals surface area contributed by atoms with E-state index in [-0.39, 0.29) is 12.0 Å². The fourth-order valence-corrected chi connectivity index (χ4v) is 1.75. The molecule has 1 rings (SSSR count). The quantitative estimate of drug-likeness (QED) is 0.768. The van der Waals surface area contributed by atoms with Crippen molar-refractivity contribution in [3.05, 3.63) is 23.8 Å². The Morgan fingerprint density at radius 3 is 2.68 bits per heavy atom. The Morgan fingerprint density at radius 1 is 1.37 bits per heavy atom. The molecule has 0 aliphatic carbocycles. The van der Waals surface area contributed by atoms with Crippen LogP contribution in [0.25, 0.3) is 0 Å². The Bertz CT molecular complexity index is 427. The van der Waals surface area contributed by atoms with E-state index in [0.29, 0.717) is 23.7 Å². The molecule has 0 heterocycles. The topological polar surface area (TPSA) is 62.5 Å². The van der Waals surface area contributed by atoms with Crippen molar-refractivity contribution in [3.63, 3.8) is 0 Å². The molecular formula is C15H21NO3. The smallest absolute Gasteiger partial charge is 0.166 e. The number of hydrogen-bond acceptors (Lipinski definition) is 4. The van der Waals surface area contributed by atoms with Crippen molar-refractivity contribution < 1.29 is 14.6 Å². The van der Waals surface area contributed by atoms with Crippen LogP contribution in [-0.4, -0.2) is 18.8 Å². The van der Waals surface area contributed by atoms with Gasteiger partial charge in [0.2, 0.25) is 0 Å². The maximum absolute atomic E-state index is 9.28. The SMILES string of the molecule is COc1cccc(CO)c1OCCCC(C)(C)C#N. The van der Waals surface area contributed by atoms with Crippen molar-refractivity contribution in [2.24, 2.45) is 5.41 Å². The summed E-state index contributed by atoms with van der Waals surface area (Å²) >= 11 is 0. The van der Waals surface area contributed by atoms with Gasteiger partial charge in [0.05, 0.1) is 31.8 Å². The van der Waals surface area contributed by atoms with Gasteiger partial charge in [0.25, 0.3) is 0 Å². The molecule has 1 N–H and O–H groups in total. The van der Waals surface area contributed by atoms with E-state index in [1.165, 1.54) is 0 Å². The Kier molecular flexibility index (Phi) is 5.65. The molecule has 0 saturated heterocycles. The molecule has 0 bridgehead atoms. The van der Waals surface area contributed by atoms with Crippen LogP contribution in [-0.2, 0) is 6.61 Å². The summed E-state index contributed by atoms with van der Waals surface area (Å²) in [6.45, 7) is 4.24. The van der Waals surface area contributed by atoms with Crippen LogP contribution in [0.5, 0.6) is 11.5 Å². The summed E-state index contributed by atoms with van der Waals surface area (Å²) in [5, 5.41) is 18.2. The summed E-state index contributed by atoms with van der Waals surface area (Å²) in [6.07, 6.45) is 1.55. The number of rotatable bonds is 7.